The number of aromatic nitrogens is 8. The van der Waals surface area contributed by atoms with Crippen molar-refractivity contribution >= 4 is 61.7 Å². The Morgan fingerprint density at radius 3 is 1.12 bits per heavy atom. The smallest absolute Gasteiger partial charge is 0.200 e. The van der Waals surface area contributed by atoms with E-state index in [9.17, 15) is 0 Å². The van der Waals surface area contributed by atoms with E-state index in [1.807, 2.05) is 37.0 Å². The Bertz CT molecular complexity index is 3010. The molecule has 0 fully saturated rings. The van der Waals surface area contributed by atoms with Gasteiger partial charge in [-0.3, -0.25) is 0 Å². The van der Waals surface area contributed by atoms with Crippen molar-refractivity contribution in [1.29, 1.82) is 0 Å². The Morgan fingerprint density at radius 2 is 0.800 bits per heavy atom. The van der Waals surface area contributed by atoms with Gasteiger partial charge in [-0.2, -0.15) is 0 Å². The maximum atomic E-state index is 6.87. The first-order valence-electron chi connectivity index (χ1n) is 28.6. The predicted octanol–water partition coefficient (Wildman–Crippen LogP) is 17.2. The largest absolute Gasteiger partial charge is 0.416 e. The second-order valence-corrected chi connectivity index (χ2v) is 35.1. The number of thioether (sulfide) groups is 2. The molecule has 0 aliphatic carbocycles. The van der Waals surface area contributed by atoms with Crippen LogP contribution in [0.5, 0.6) is 0 Å². The average molecular weight is 1150 g/mol. The lowest BCUT2D eigenvalue weighted by atomic mass is 10.0. The van der Waals surface area contributed by atoms with Crippen LogP contribution in [0.3, 0.4) is 0 Å². The molecule has 0 bridgehead atoms. The fraction of sp³-hybridized carbons (Fsp3) is 0.469. The van der Waals surface area contributed by atoms with Crippen LogP contribution >= 0.6 is 23.5 Å². The molecule has 428 valence electrons. The van der Waals surface area contributed by atoms with Gasteiger partial charge in [0.15, 0.2) is 26.9 Å². The average Bonchev–Trinajstić information content (AvgIpc) is 4.00. The number of ether oxygens (including phenoxy) is 2. The molecule has 4 aromatic carbocycles. The number of benzene rings is 4. The molecule has 0 aliphatic rings. The van der Waals surface area contributed by atoms with E-state index in [4.69, 9.17) is 38.3 Å². The third-order valence-corrected chi connectivity index (χ3v) is 29.3. The molecule has 4 heterocycles. The Balaban J connectivity index is 0.000000231. The predicted molar refractivity (Wildman–Crippen MR) is 341 cm³/mol. The van der Waals surface area contributed by atoms with Gasteiger partial charge in [-0.05, 0) is 104 Å². The summed E-state index contributed by atoms with van der Waals surface area (Å²) in [5, 5.41) is 6.26. The van der Waals surface area contributed by atoms with Crippen LogP contribution in [0, 0.1) is 0 Å². The number of nitrogens with zero attached hydrogens (tertiary/aromatic N) is 8. The fourth-order valence-corrected chi connectivity index (χ4v) is 24.3. The third kappa shape index (κ3) is 13.9. The molecule has 0 N–H and O–H groups in total. The molecule has 80 heavy (non-hydrogen) atoms. The van der Waals surface area contributed by atoms with Crippen LogP contribution in [-0.4, -0.2) is 95.6 Å². The number of rotatable bonds is 26. The van der Waals surface area contributed by atoms with Crippen molar-refractivity contribution in [3.8, 4) is 45.3 Å². The third-order valence-electron chi connectivity index (χ3n) is 16.0. The van der Waals surface area contributed by atoms with Gasteiger partial charge in [-0.25, -0.2) is 29.9 Å². The topological polar surface area (TPSA) is 124 Å². The number of aryl methyl sites for hydroxylation is 2. The molecule has 0 saturated heterocycles. The number of hydrogen-bond donors (Lipinski definition) is 0. The van der Waals surface area contributed by atoms with E-state index >= 15 is 0 Å². The zero-order valence-corrected chi connectivity index (χ0v) is 54.2. The van der Waals surface area contributed by atoms with E-state index in [1.165, 1.54) is 45.1 Å². The molecule has 0 saturated carbocycles. The van der Waals surface area contributed by atoms with Gasteiger partial charge >= 0.3 is 0 Å². The lowest BCUT2D eigenvalue weighted by molar-refractivity contribution is 0.129. The Hall–Kier alpha value is -5.05. The number of hydrogen-bond acceptors (Lipinski definition) is 12. The van der Waals surface area contributed by atoms with E-state index in [2.05, 4.69) is 187 Å². The van der Waals surface area contributed by atoms with Crippen molar-refractivity contribution in [1.82, 2.24) is 39.0 Å². The highest BCUT2D eigenvalue weighted by Crippen LogP contribution is 2.44. The summed E-state index contributed by atoms with van der Waals surface area (Å²) in [6.45, 7) is 30.3. The minimum absolute atomic E-state index is 0.396. The van der Waals surface area contributed by atoms with Crippen LogP contribution in [0.25, 0.3) is 66.8 Å². The van der Waals surface area contributed by atoms with Crippen molar-refractivity contribution in [3.63, 3.8) is 0 Å². The molecular formula is C64H88N8O4S2Si2. The second-order valence-electron chi connectivity index (χ2n) is 22.7. The number of imidazole rings is 2. The summed E-state index contributed by atoms with van der Waals surface area (Å²) in [7, 11) is -0.367. The monoisotopic (exact) mass is 1150 g/mol. The molecular weight excluding hydrogens is 1070 g/mol. The Morgan fingerprint density at radius 1 is 0.450 bits per heavy atom. The lowest BCUT2D eigenvalue weighted by Crippen LogP contribution is -2.48. The SMILES string of the molecule is COCn1c(CCCO[Si](C(C)C)(C(C)C)C(C)C)nc(-c2ccc3ccccc3c2)c1-c1ccnc(SC)n1.COCn1c(CCCO[Si](C(C)C)(C(C)C)C(C)C)nc(-c2ccc3ccccc3c2)c1-c1ccnc(SC)n1. The highest BCUT2D eigenvalue weighted by molar-refractivity contribution is 7.98. The van der Waals surface area contributed by atoms with Gasteiger partial charge in [-0.15, -0.1) is 0 Å². The summed E-state index contributed by atoms with van der Waals surface area (Å²) in [4.78, 5) is 29.1. The second kappa shape index (κ2) is 28.8. The lowest BCUT2D eigenvalue weighted by Gasteiger charge is -2.42. The van der Waals surface area contributed by atoms with E-state index in [1.54, 1.807) is 14.2 Å². The first-order chi connectivity index (χ1) is 38.4. The Labute approximate surface area is 488 Å². The molecule has 8 aromatic rings. The zero-order valence-electron chi connectivity index (χ0n) is 50.5. The van der Waals surface area contributed by atoms with Crippen molar-refractivity contribution in [2.45, 2.75) is 166 Å². The number of methoxy groups -OCH3 is 2. The highest BCUT2D eigenvalue weighted by Gasteiger charge is 2.46. The molecule has 0 spiro atoms. The van der Waals surface area contributed by atoms with Gasteiger partial charge in [0.1, 0.15) is 25.1 Å². The standard InChI is InChI=1S/2C32H44N4O2SSi/c2*1-22(2)40(23(3)4,24(5)6)38-19-11-14-29-35-30(27-16-15-25-12-9-10-13-26(25)20-27)31(36(29)21-37-7)28-17-18-33-32(34-28)39-8/h2*9-10,12-13,15-18,20,22-24H,11,14,19,21H2,1-8H3. The Kier molecular flexibility index (Phi) is 22.5. The summed E-state index contributed by atoms with van der Waals surface area (Å²) in [6, 6.07) is 33.9. The molecule has 0 aliphatic heterocycles. The van der Waals surface area contributed by atoms with Crippen molar-refractivity contribution in [2.75, 3.05) is 39.9 Å². The molecule has 8 rings (SSSR count). The van der Waals surface area contributed by atoms with Crippen LogP contribution in [-0.2, 0) is 44.6 Å². The van der Waals surface area contributed by atoms with E-state index in [0.29, 0.717) is 46.7 Å². The van der Waals surface area contributed by atoms with Gasteiger partial charge in [0.05, 0.1) is 34.2 Å². The molecule has 0 atom stereocenters. The van der Waals surface area contributed by atoms with Crippen LogP contribution < -0.4 is 0 Å². The van der Waals surface area contributed by atoms with Crippen LogP contribution in [0.4, 0.5) is 0 Å². The van der Waals surface area contributed by atoms with Crippen molar-refractivity contribution < 1.29 is 18.3 Å². The summed E-state index contributed by atoms with van der Waals surface area (Å²) >= 11 is 3.07. The first kappa shape index (κ1) is 62.6. The highest BCUT2D eigenvalue weighted by atomic mass is 32.2. The van der Waals surface area contributed by atoms with E-state index in [-0.39, 0.29) is 0 Å². The maximum absolute atomic E-state index is 6.87. The summed E-state index contributed by atoms with van der Waals surface area (Å²) in [5.74, 6) is 1.97. The summed E-state index contributed by atoms with van der Waals surface area (Å²) < 4.78 is 29.5. The molecule has 0 amide bonds. The normalized spacial score (nSPS) is 12.4. The summed E-state index contributed by atoms with van der Waals surface area (Å²) in [5.41, 5.74) is 11.0. The van der Waals surface area contributed by atoms with Crippen molar-refractivity contribution in [3.05, 3.63) is 121 Å². The molecule has 16 heteroatoms. The maximum Gasteiger partial charge on any atom is 0.200 e. The molecule has 12 nitrogen and oxygen atoms in total. The van der Waals surface area contributed by atoms with Gasteiger partial charge in [-0.1, -0.05) is 179 Å². The van der Waals surface area contributed by atoms with E-state index in [0.717, 1.165) is 106 Å². The van der Waals surface area contributed by atoms with Gasteiger partial charge < -0.3 is 27.5 Å². The molecule has 0 unspecified atom stereocenters. The van der Waals surface area contributed by atoms with Crippen molar-refractivity contribution in [2.24, 2.45) is 0 Å². The van der Waals surface area contributed by atoms with Gasteiger partial charge in [0.2, 0.25) is 0 Å². The van der Waals surface area contributed by atoms with Crippen LogP contribution in [0.2, 0.25) is 33.2 Å². The fourth-order valence-electron chi connectivity index (χ4n) is 12.6. The first-order valence-corrected chi connectivity index (χ1v) is 35.4. The van der Waals surface area contributed by atoms with Crippen LogP contribution in [0.1, 0.15) is 108 Å². The minimum atomic E-state index is -1.91. The zero-order chi connectivity index (χ0) is 57.7. The molecule has 0 radical (unpaired) electrons. The van der Waals surface area contributed by atoms with Gasteiger partial charge in [0, 0.05) is 63.8 Å². The summed E-state index contributed by atoms with van der Waals surface area (Å²) in [6.07, 6.45) is 11.0. The number of fused-ring (bicyclic) bond motifs is 2. The van der Waals surface area contributed by atoms with Crippen LogP contribution in [0.15, 0.2) is 120 Å². The molecule has 4 aromatic heterocycles. The van der Waals surface area contributed by atoms with Gasteiger partial charge in [0.25, 0.3) is 0 Å². The minimum Gasteiger partial charge on any atom is -0.416 e. The quantitative estimate of drug-likeness (QED) is 0.0222. The van der Waals surface area contributed by atoms with E-state index < -0.39 is 16.6 Å².